The Labute approximate surface area is 212 Å². The number of β-lactam (4-membered cyclic amide) rings is 1. The maximum Gasteiger partial charge on any atom is 0.233 e. The maximum atomic E-state index is 13.5. The van der Waals surface area contributed by atoms with Gasteiger partial charge in [0.15, 0.2) is 0 Å². The van der Waals surface area contributed by atoms with Crippen LogP contribution < -0.4 is 4.90 Å². The van der Waals surface area contributed by atoms with Gasteiger partial charge in [-0.05, 0) is 93.8 Å². The minimum absolute atomic E-state index is 0.00404. The predicted octanol–water partition coefficient (Wildman–Crippen LogP) is 5.73. The van der Waals surface area contributed by atoms with Crippen molar-refractivity contribution >= 4 is 67.8 Å². The van der Waals surface area contributed by atoms with Gasteiger partial charge in [0.05, 0.1) is 41.2 Å². The average Bonchev–Trinajstić information content (AvgIpc) is 3.32. The molecule has 6 rings (SSSR count). The molecule has 6 nitrogen and oxygen atoms in total. The molecule has 2 aromatic heterocycles. The van der Waals surface area contributed by atoms with E-state index in [-0.39, 0.29) is 23.3 Å². The molecule has 0 spiro atoms. The largest absolute Gasteiger partial charge is 0.345 e. The second-order valence-electron chi connectivity index (χ2n) is 8.83. The van der Waals surface area contributed by atoms with Crippen LogP contribution in [0, 0.1) is 18.5 Å². The lowest BCUT2D eigenvalue weighted by atomic mass is 9.72. The molecule has 2 atom stereocenters. The van der Waals surface area contributed by atoms with Crippen LogP contribution in [0.1, 0.15) is 31.4 Å². The Morgan fingerprint density at radius 2 is 1.88 bits per heavy atom. The van der Waals surface area contributed by atoms with Gasteiger partial charge in [0.2, 0.25) is 5.91 Å². The molecule has 32 heavy (non-hydrogen) atoms. The molecule has 1 saturated heterocycles. The van der Waals surface area contributed by atoms with Crippen molar-refractivity contribution in [2.24, 2.45) is 11.3 Å². The zero-order chi connectivity index (χ0) is 22.0. The summed E-state index contributed by atoms with van der Waals surface area (Å²) >= 11 is 4.82. The van der Waals surface area contributed by atoms with Crippen LogP contribution in [0.3, 0.4) is 0 Å². The number of rotatable bonds is 4. The Kier molecular flexibility index (Phi) is 4.79. The summed E-state index contributed by atoms with van der Waals surface area (Å²) in [5.41, 5.74) is 5.97. The number of nitrogens with one attached hydrogen (secondary N) is 1. The van der Waals surface area contributed by atoms with Crippen LogP contribution in [-0.2, 0) is 4.79 Å². The van der Waals surface area contributed by atoms with Gasteiger partial charge in [-0.2, -0.15) is 0 Å². The summed E-state index contributed by atoms with van der Waals surface area (Å²) in [5, 5.41) is 0. The van der Waals surface area contributed by atoms with E-state index in [1.807, 2.05) is 23.1 Å². The van der Waals surface area contributed by atoms with Gasteiger partial charge in [0, 0.05) is 36.3 Å². The van der Waals surface area contributed by atoms with Crippen molar-refractivity contribution in [3.05, 3.63) is 68.0 Å². The molecule has 1 aliphatic heterocycles. The highest BCUT2D eigenvalue weighted by atomic mass is 127. The lowest BCUT2D eigenvalue weighted by Crippen LogP contribution is -2.58. The lowest BCUT2D eigenvalue weighted by Gasteiger charge is -2.51. The third kappa shape index (κ3) is 3.17. The SMILES string of the molecule is CC1([C@H]2C(=O)N(c3ccc4nc[nH]c4c3)[C@H]2c2c(I)cc(-c3cnccn3)cc2I)CC1. The second kappa shape index (κ2) is 7.47. The molecule has 1 N–H and O–H groups in total. The zero-order valence-corrected chi connectivity index (χ0v) is 21.5. The number of H-pyrrole nitrogens is 1. The van der Waals surface area contributed by atoms with Gasteiger partial charge in [-0.3, -0.25) is 14.8 Å². The molecule has 1 aliphatic carbocycles. The van der Waals surface area contributed by atoms with Crippen LogP contribution in [0.15, 0.2) is 55.2 Å². The first kappa shape index (κ1) is 20.5. The van der Waals surface area contributed by atoms with Crippen LogP contribution in [0.2, 0.25) is 0 Å². The first-order valence-electron chi connectivity index (χ1n) is 10.5. The molecule has 1 saturated carbocycles. The molecule has 0 unspecified atom stereocenters. The van der Waals surface area contributed by atoms with Crippen molar-refractivity contribution in [1.82, 2.24) is 19.9 Å². The van der Waals surface area contributed by atoms with E-state index in [2.05, 4.69) is 84.2 Å². The number of carbonyl (C=O) groups excluding carboxylic acids is 1. The van der Waals surface area contributed by atoms with E-state index in [9.17, 15) is 4.79 Å². The summed E-state index contributed by atoms with van der Waals surface area (Å²) in [7, 11) is 0. The zero-order valence-electron chi connectivity index (χ0n) is 17.2. The van der Waals surface area contributed by atoms with Crippen molar-refractivity contribution in [3.63, 3.8) is 0 Å². The standard InChI is InChI=1S/C24H19I2N5O/c1-24(4-5-24)21-22(31(23(21)32)14-2-3-17-18(10-14)30-12-29-17)20-15(25)8-13(9-16(20)26)19-11-27-6-7-28-19/h2-3,6-12,21-22H,4-5H2,1H3,(H,29,30)/t21-,22+/m1/s1. The van der Waals surface area contributed by atoms with Crippen LogP contribution in [0.4, 0.5) is 5.69 Å². The number of hydrogen-bond acceptors (Lipinski definition) is 4. The van der Waals surface area contributed by atoms with Gasteiger partial charge in [-0.1, -0.05) is 6.92 Å². The van der Waals surface area contributed by atoms with Crippen molar-refractivity contribution in [1.29, 1.82) is 0 Å². The van der Waals surface area contributed by atoms with E-state index >= 15 is 0 Å². The summed E-state index contributed by atoms with van der Waals surface area (Å²) in [5.74, 6) is 0.225. The Bertz CT molecular complexity index is 1340. The highest BCUT2D eigenvalue weighted by Gasteiger charge is 2.62. The van der Waals surface area contributed by atoms with Gasteiger partial charge in [0.1, 0.15) is 0 Å². The van der Waals surface area contributed by atoms with E-state index in [1.54, 1.807) is 24.9 Å². The van der Waals surface area contributed by atoms with E-state index in [4.69, 9.17) is 0 Å². The highest BCUT2D eigenvalue weighted by molar-refractivity contribution is 14.1. The minimum atomic E-state index is 0.00404. The number of imidazole rings is 1. The van der Waals surface area contributed by atoms with Gasteiger partial charge >= 0.3 is 0 Å². The van der Waals surface area contributed by atoms with Crippen LogP contribution >= 0.6 is 45.2 Å². The summed E-state index contributed by atoms with van der Waals surface area (Å²) in [6.07, 6.45) is 9.09. The number of halogens is 2. The first-order chi connectivity index (χ1) is 15.5. The molecule has 8 heteroatoms. The first-order valence-corrected chi connectivity index (χ1v) is 12.6. The smallest absolute Gasteiger partial charge is 0.233 e. The fourth-order valence-electron chi connectivity index (χ4n) is 4.80. The quantitative estimate of drug-likeness (QED) is 0.227. The van der Waals surface area contributed by atoms with Crippen LogP contribution in [0.5, 0.6) is 0 Å². The monoisotopic (exact) mass is 647 g/mol. The number of amides is 1. The molecule has 0 radical (unpaired) electrons. The number of nitrogens with zero attached hydrogens (tertiary/aromatic N) is 4. The van der Waals surface area contributed by atoms with Crippen LogP contribution in [-0.4, -0.2) is 25.8 Å². The van der Waals surface area contributed by atoms with Gasteiger partial charge in [0.25, 0.3) is 0 Å². The molecule has 2 aromatic carbocycles. The molecule has 4 aromatic rings. The Hall–Kier alpha value is -2.08. The number of anilines is 1. The van der Waals surface area contributed by atoms with E-state index in [0.29, 0.717) is 0 Å². The Morgan fingerprint density at radius 1 is 1.09 bits per heavy atom. The fraction of sp³-hybridized carbons (Fsp3) is 0.250. The minimum Gasteiger partial charge on any atom is -0.345 e. The van der Waals surface area contributed by atoms with E-state index in [0.717, 1.165) is 48.0 Å². The van der Waals surface area contributed by atoms with Crippen molar-refractivity contribution in [3.8, 4) is 11.3 Å². The topological polar surface area (TPSA) is 74.8 Å². The van der Waals surface area contributed by atoms with Crippen molar-refractivity contribution in [2.45, 2.75) is 25.8 Å². The van der Waals surface area contributed by atoms with Crippen molar-refractivity contribution < 1.29 is 4.79 Å². The lowest BCUT2D eigenvalue weighted by molar-refractivity contribution is -0.133. The average molecular weight is 647 g/mol. The molecule has 2 aliphatic rings. The van der Waals surface area contributed by atoms with Crippen molar-refractivity contribution in [2.75, 3.05) is 4.90 Å². The van der Waals surface area contributed by atoms with E-state index in [1.165, 1.54) is 5.56 Å². The highest BCUT2D eigenvalue weighted by Crippen LogP contribution is 2.62. The normalized spacial score (nSPS) is 21.6. The maximum absolute atomic E-state index is 13.5. The summed E-state index contributed by atoms with van der Waals surface area (Å²) < 4.78 is 2.30. The third-order valence-electron chi connectivity index (χ3n) is 6.80. The number of hydrogen-bond donors (Lipinski definition) is 1. The number of aromatic amines is 1. The molecule has 2 fully saturated rings. The molecule has 1 amide bonds. The van der Waals surface area contributed by atoms with E-state index < -0.39 is 0 Å². The number of benzene rings is 2. The summed E-state index contributed by atoms with van der Waals surface area (Å²) in [6.45, 7) is 2.26. The summed E-state index contributed by atoms with van der Waals surface area (Å²) in [6, 6.07) is 10.4. The Balaban J connectivity index is 1.47. The summed E-state index contributed by atoms with van der Waals surface area (Å²) in [4.78, 5) is 31.6. The number of fused-ring (bicyclic) bond motifs is 1. The number of aromatic nitrogens is 4. The van der Waals surface area contributed by atoms with Gasteiger partial charge in [-0.25, -0.2) is 4.98 Å². The predicted molar refractivity (Wildman–Crippen MR) is 140 cm³/mol. The fourth-order valence-corrected chi connectivity index (χ4v) is 7.20. The molecular weight excluding hydrogens is 628 g/mol. The molecule has 160 valence electrons. The molecule has 0 bridgehead atoms. The van der Waals surface area contributed by atoms with Gasteiger partial charge in [-0.15, -0.1) is 0 Å². The number of carbonyl (C=O) groups is 1. The molecular formula is C24H19I2N5O. The third-order valence-corrected chi connectivity index (χ3v) is 8.59. The Morgan fingerprint density at radius 3 is 2.56 bits per heavy atom. The second-order valence-corrected chi connectivity index (χ2v) is 11.2. The van der Waals surface area contributed by atoms with Crippen LogP contribution in [0.25, 0.3) is 22.3 Å². The van der Waals surface area contributed by atoms with Gasteiger partial charge < -0.3 is 9.88 Å². The molecule has 3 heterocycles.